The van der Waals surface area contributed by atoms with E-state index in [2.05, 4.69) is 9.72 Å². The molecule has 1 aromatic rings. The van der Waals surface area contributed by atoms with Crippen LogP contribution in [0, 0.1) is 23.5 Å². The molecule has 0 aliphatic rings. The van der Waals surface area contributed by atoms with E-state index < -0.39 is 35.1 Å². The molecule has 7 heteroatoms. The first-order valence-electron chi connectivity index (χ1n) is 4.52. The Kier molecular flexibility index (Phi) is 4.19. The van der Waals surface area contributed by atoms with E-state index in [0.717, 1.165) is 0 Å². The minimum absolute atomic E-state index is 0.0627. The predicted octanol–water partition coefficient (Wildman–Crippen LogP) is 2.21. The first-order chi connectivity index (χ1) is 7.97. The van der Waals surface area contributed by atoms with E-state index >= 15 is 0 Å². The van der Waals surface area contributed by atoms with Gasteiger partial charge in [-0.3, -0.25) is 0 Å². The SMILES string of the molecule is CCOC(=O)/C=C/c1c(F)c(F)nc(F)c1F. The molecule has 0 fully saturated rings. The van der Waals surface area contributed by atoms with Crippen LogP contribution in [0.3, 0.4) is 0 Å². The van der Waals surface area contributed by atoms with Gasteiger partial charge in [0.15, 0.2) is 11.6 Å². The summed E-state index contributed by atoms with van der Waals surface area (Å²) >= 11 is 0. The highest BCUT2D eigenvalue weighted by atomic mass is 19.2. The van der Waals surface area contributed by atoms with Gasteiger partial charge in [0, 0.05) is 6.08 Å². The molecule has 0 aromatic carbocycles. The van der Waals surface area contributed by atoms with Gasteiger partial charge in [-0.2, -0.15) is 13.8 Å². The molecule has 17 heavy (non-hydrogen) atoms. The van der Waals surface area contributed by atoms with Gasteiger partial charge in [-0.15, -0.1) is 0 Å². The van der Waals surface area contributed by atoms with Gasteiger partial charge < -0.3 is 4.74 Å². The summed E-state index contributed by atoms with van der Waals surface area (Å²) in [5.74, 6) is -7.81. The number of aromatic nitrogens is 1. The van der Waals surface area contributed by atoms with Crippen LogP contribution in [0.1, 0.15) is 12.5 Å². The first kappa shape index (κ1) is 13.1. The van der Waals surface area contributed by atoms with Gasteiger partial charge in [0.1, 0.15) is 0 Å². The maximum absolute atomic E-state index is 13.0. The monoisotopic (exact) mass is 249 g/mol. The molecular formula is C10H7F4NO2. The Hall–Kier alpha value is -1.92. The highest BCUT2D eigenvalue weighted by molar-refractivity contribution is 5.87. The van der Waals surface area contributed by atoms with E-state index in [4.69, 9.17) is 0 Å². The molecule has 0 N–H and O–H groups in total. The fraction of sp³-hybridized carbons (Fsp3) is 0.200. The second-order valence-corrected chi connectivity index (χ2v) is 2.82. The number of nitrogens with zero attached hydrogens (tertiary/aromatic N) is 1. The molecule has 0 spiro atoms. The fourth-order valence-corrected chi connectivity index (χ4v) is 0.991. The maximum Gasteiger partial charge on any atom is 0.330 e. The van der Waals surface area contributed by atoms with Crippen LogP contribution in [0.2, 0.25) is 0 Å². The molecule has 0 aliphatic carbocycles. The highest BCUT2D eigenvalue weighted by Crippen LogP contribution is 2.18. The Morgan fingerprint density at radius 2 is 1.76 bits per heavy atom. The Balaban J connectivity index is 3.10. The van der Waals surface area contributed by atoms with E-state index in [1.54, 1.807) is 0 Å². The maximum atomic E-state index is 13.0. The molecule has 92 valence electrons. The van der Waals surface area contributed by atoms with Crippen molar-refractivity contribution in [3.63, 3.8) is 0 Å². The Labute approximate surface area is 93.7 Å². The molecule has 0 saturated heterocycles. The van der Waals surface area contributed by atoms with E-state index in [0.29, 0.717) is 12.2 Å². The molecule has 3 nitrogen and oxygen atoms in total. The van der Waals surface area contributed by atoms with Crippen molar-refractivity contribution < 1.29 is 27.1 Å². The number of carbonyl (C=O) groups is 1. The minimum atomic E-state index is -1.78. The van der Waals surface area contributed by atoms with Gasteiger partial charge in [0.2, 0.25) is 0 Å². The summed E-state index contributed by atoms with van der Waals surface area (Å²) in [6.45, 7) is 1.59. The molecule has 0 unspecified atom stereocenters. The van der Waals surface area contributed by atoms with Crippen LogP contribution in [-0.4, -0.2) is 17.6 Å². The lowest BCUT2D eigenvalue weighted by atomic mass is 10.2. The van der Waals surface area contributed by atoms with Crippen LogP contribution in [-0.2, 0) is 9.53 Å². The second-order valence-electron chi connectivity index (χ2n) is 2.82. The largest absolute Gasteiger partial charge is 0.463 e. The lowest BCUT2D eigenvalue weighted by Gasteiger charge is -2.01. The van der Waals surface area contributed by atoms with Gasteiger partial charge in [0.05, 0.1) is 12.2 Å². The van der Waals surface area contributed by atoms with Crippen LogP contribution >= 0.6 is 0 Å². The fourth-order valence-electron chi connectivity index (χ4n) is 0.991. The summed E-state index contributed by atoms with van der Waals surface area (Å²) in [5.41, 5.74) is -1.02. The van der Waals surface area contributed by atoms with Crippen molar-refractivity contribution in [3.05, 3.63) is 35.2 Å². The summed E-state index contributed by atoms with van der Waals surface area (Å²) in [6, 6.07) is 0. The van der Waals surface area contributed by atoms with Crippen molar-refractivity contribution in [1.29, 1.82) is 0 Å². The number of carbonyl (C=O) groups excluding carboxylic acids is 1. The molecular weight excluding hydrogens is 242 g/mol. The molecule has 0 bridgehead atoms. The third-order valence-corrected chi connectivity index (χ3v) is 1.70. The van der Waals surface area contributed by atoms with Crippen molar-refractivity contribution >= 4 is 12.0 Å². The Morgan fingerprint density at radius 1 is 1.24 bits per heavy atom. The average molecular weight is 249 g/mol. The molecule has 1 aromatic heterocycles. The van der Waals surface area contributed by atoms with Gasteiger partial charge >= 0.3 is 5.97 Å². The van der Waals surface area contributed by atoms with Crippen molar-refractivity contribution in [2.45, 2.75) is 6.92 Å². The highest BCUT2D eigenvalue weighted by Gasteiger charge is 2.18. The molecule has 0 saturated carbocycles. The Bertz CT molecular complexity index is 448. The van der Waals surface area contributed by atoms with Gasteiger partial charge in [-0.05, 0) is 13.0 Å². The smallest absolute Gasteiger partial charge is 0.330 e. The molecule has 0 radical (unpaired) electrons. The number of hydrogen-bond donors (Lipinski definition) is 0. The van der Waals surface area contributed by atoms with E-state index in [1.807, 2.05) is 0 Å². The van der Waals surface area contributed by atoms with Crippen LogP contribution in [0.25, 0.3) is 6.08 Å². The number of rotatable bonds is 3. The summed E-state index contributed by atoms with van der Waals surface area (Å²) in [6.07, 6.45) is 1.24. The van der Waals surface area contributed by atoms with Crippen LogP contribution < -0.4 is 0 Å². The lowest BCUT2D eigenvalue weighted by Crippen LogP contribution is -2.04. The quantitative estimate of drug-likeness (QED) is 0.357. The normalized spacial score (nSPS) is 10.9. The van der Waals surface area contributed by atoms with Gasteiger partial charge in [-0.1, -0.05) is 0 Å². The number of hydrogen-bond acceptors (Lipinski definition) is 3. The topological polar surface area (TPSA) is 39.2 Å². The summed E-state index contributed by atoms with van der Waals surface area (Å²) < 4.78 is 55.8. The summed E-state index contributed by atoms with van der Waals surface area (Å²) in [4.78, 5) is 13.2. The van der Waals surface area contributed by atoms with E-state index in [-0.39, 0.29) is 6.61 Å². The van der Waals surface area contributed by atoms with E-state index in [9.17, 15) is 22.4 Å². The lowest BCUT2D eigenvalue weighted by molar-refractivity contribution is -0.137. The third-order valence-electron chi connectivity index (χ3n) is 1.70. The molecule has 1 heterocycles. The Morgan fingerprint density at radius 3 is 2.24 bits per heavy atom. The van der Waals surface area contributed by atoms with Gasteiger partial charge in [-0.25, -0.2) is 13.6 Å². The second kappa shape index (κ2) is 5.42. The molecule has 0 aliphatic heterocycles. The van der Waals surface area contributed by atoms with Crippen molar-refractivity contribution in [2.24, 2.45) is 0 Å². The average Bonchev–Trinajstić information content (AvgIpc) is 2.27. The zero-order chi connectivity index (χ0) is 13.0. The van der Waals surface area contributed by atoms with Crippen molar-refractivity contribution in [2.75, 3.05) is 6.61 Å². The van der Waals surface area contributed by atoms with Crippen molar-refractivity contribution in [1.82, 2.24) is 4.98 Å². The number of esters is 1. The van der Waals surface area contributed by atoms with Crippen molar-refractivity contribution in [3.8, 4) is 0 Å². The first-order valence-corrected chi connectivity index (χ1v) is 4.52. The van der Waals surface area contributed by atoms with E-state index in [1.165, 1.54) is 6.92 Å². The molecule has 0 atom stereocenters. The predicted molar refractivity (Wildman–Crippen MR) is 49.7 cm³/mol. The number of pyridine rings is 1. The molecule has 1 rings (SSSR count). The summed E-state index contributed by atoms with van der Waals surface area (Å²) in [7, 11) is 0. The number of ether oxygens (including phenoxy) is 1. The zero-order valence-electron chi connectivity index (χ0n) is 8.64. The minimum Gasteiger partial charge on any atom is -0.463 e. The summed E-state index contributed by atoms with van der Waals surface area (Å²) in [5, 5.41) is 0. The van der Waals surface area contributed by atoms with Crippen LogP contribution in [0.5, 0.6) is 0 Å². The van der Waals surface area contributed by atoms with Crippen LogP contribution in [0.4, 0.5) is 17.6 Å². The van der Waals surface area contributed by atoms with Crippen LogP contribution in [0.15, 0.2) is 6.08 Å². The third kappa shape index (κ3) is 3.02. The molecule has 0 amide bonds. The zero-order valence-corrected chi connectivity index (χ0v) is 8.64. The standard InChI is InChI=1S/C10H7F4NO2/c1-2-17-6(16)4-3-5-7(11)9(13)15-10(14)8(5)12/h3-4H,2H2,1H3/b4-3+. The van der Waals surface area contributed by atoms with Gasteiger partial charge in [0.25, 0.3) is 11.9 Å². The number of halogens is 4.